The van der Waals surface area contributed by atoms with Crippen molar-refractivity contribution in [2.75, 3.05) is 16.8 Å². The molecule has 0 spiro atoms. The fourth-order valence-corrected chi connectivity index (χ4v) is 4.30. The third-order valence-corrected chi connectivity index (χ3v) is 6.06. The Balaban J connectivity index is 1.47. The van der Waals surface area contributed by atoms with Gasteiger partial charge in [-0.3, -0.25) is 14.6 Å². The molecular weight excluding hydrogens is 414 g/mol. The van der Waals surface area contributed by atoms with Crippen LogP contribution in [0.25, 0.3) is 10.8 Å². The molecule has 0 saturated carbocycles. The van der Waals surface area contributed by atoms with Gasteiger partial charge in [-0.1, -0.05) is 25.8 Å². The number of aryl methyl sites for hydroxylation is 1. The van der Waals surface area contributed by atoms with Crippen LogP contribution in [-0.4, -0.2) is 29.4 Å². The van der Waals surface area contributed by atoms with E-state index in [1.165, 1.54) is 0 Å². The predicted molar refractivity (Wildman–Crippen MR) is 132 cm³/mol. The van der Waals surface area contributed by atoms with Gasteiger partial charge in [0.2, 0.25) is 5.91 Å². The molecule has 1 saturated heterocycles. The van der Waals surface area contributed by atoms with Crippen molar-refractivity contribution in [2.45, 2.75) is 58.5 Å². The number of fused-ring (bicyclic) bond motifs is 1. The van der Waals surface area contributed by atoms with E-state index in [4.69, 9.17) is 4.74 Å². The Bertz CT molecular complexity index is 1140. The van der Waals surface area contributed by atoms with Gasteiger partial charge in [0.25, 0.3) is 5.91 Å². The summed E-state index contributed by atoms with van der Waals surface area (Å²) in [4.78, 5) is 31.6. The number of carbonyl (C=O) groups is 2. The highest BCUT2D eigenvalue weighted by Crippen LogP contribution is 2.27. The first-order chi connectivity index (χ1) is 16.0. The van der Waals surface area contributed by atoms with Crippen LogP contribution in [0.2, 0.25) is 0 Å². The monoisotopic (exact) mass is 445 g/mol. The highest BCUT2D eigenvalue weighted by molar-refractivity contribution is 5.97. The van der Waals surface area contributed by atoms with Gasteiger partial charge in [-0.15, -0.1) is 0 Å². The molecule has 172 valence electrons. The molecule has 1 fully saturated rings. The number of ether oxygens (including phenoxy) is 1. The normalized spacial score (nSPS) is 15.2. The van der Waals surface area contributed by atoms with Crippen LogP contribution >= 0.6 is 0 Å². The van der Waals surface area contributed by atoms with Gasteiger partial charge in [-0.05, 0) is 73.5 Å². The Kier molecular flexibility index (Phi) is 7.23. The summed E-state index contributed by atoms with van der Waals surface area (Å²) in [6, 6.07) is 13.4. The molecule has 1 N–H and O–H groups in total. The summed E-state index contributed by atoms with van der Waals surface area (Å²) in [5, 5.41) is 5.05. The summed E-state index contributed by atoms with van der Waals surface area (Å²) in [5.74, 6) is 0.644. The number of benzene rings is 2. The fourth-order valence-electron chi connectivity index (χ4n) is 4.30. The lowest BCUT2D eigenvalue weighted by atomic mass is 10.1. The number of rotatable bonds is 7. The molecule has 0 bridgehead atoms. The van der Waals surface area contributed by atoms with Crippen molar-refractivity contribution in [3.63, 3.8) is 0 Å². The Labute approximate surface area is 195 Å². The number of hydrogen-bond donors (Lipinski definition) is 1. The number of nitrogens with one attached hydrogen (secondary N) is 1. The third-order valence-electron chi connectivity index (χ3n) is 6.06. The summed E-state index contributed by atoms with van der Waals surface area (Å²) in [7, 11) is 0. The first kappa shape index (κ1) is 22.8. The molecule has 2 aromatic carbocycles. The Morgan fingerprint density at radius 1 is 1.12 bits per heavy atom. The standard InChI is InChI=1S/C27H31N3O3/c1-3-7-25(33-23-11-9-20-13-14-28-18-21(20)17-23)27(32)29-22-10-12-24(19(2)16-22)30-15-6-4-5-8-26(30)31/h9-14,16-18,25H,3-8,15H2,1-2H3,(H,29,32). The van der Waals surface area contributed by atoms with Crippen molar-refractivity contribution in [3.8, 4) is 5.75 Å². The van der Waals surface area contributed by atoms with Gasteiger partial charge in [-0.25, -0.2) is 0 Å². The minimum atomic E-state index is -0.601. The van der Waals surface area contributed by atoms with Gasteiger partial charge in [-0.2, -0.15) is 0 Å². The van der Waals surface area contributed by atoms with Crippen molar-refractivity contribution in [1.29, 1.82) is 0 Å². The molecule has 1 aliphatic rings. The van der Waals surface area contributed by atoms with Gasteiger partial charge >= 0.3 is 0 Å². The van der Waals surface area contributed by atoms with Gasteiger partial charge in [0.05, 0.1) is 0 Å². The van der Waals surface area contributed by atoms with E-state index in [-0.39, 0.29) is 11.8 Å². The molecule has 3 aromatic rings. The molecule has 0 radical (unpaired) electrons. The second-order valence-corrected chi connectivity index (χ2v) is 8.63. The number of pyridine rings is 1. The second kappa shape index (κ2) is 10.5. The number of hydrogen-bond acceptors (Lipinski definition) is 4. The Morgan fingerprint density at radius 3 is 2.82 bits per heavy atom. The van der Waals surface area contributed by atoms with E-state index < -0.39 is 6.10 Å². The summed E-state index contributed by atoms with van der Waals surface area (Å²) < 4.78 is 6.08. The average Bonchev–Trinajstić information content (AvgIpc) is 3.03. The fraction of sp³-hybridized carbons (Fsp3) is 0.370. The van der Waals surface area contributed by atoms with Crippen LogP contribution in [-0.2, 0) is 9.59 Å². The zero-order chi connectivity index (χ0) is 23.2. The molecule has 6 nitrogen and oxygen atoms in total. The number of amides is 2. The first-order valence-electron chi connectivity index (χ1n) is 11.8. The quantitative estimate of drug-likeness (QED) is 0.511. The second-order valence-electron chi connectivity index (χ2n) is 8.63. The van der Waals surface area contributed by atoms with Crippen LogP contribution in [0.5, 0.6) is 5.75 Å². The van der Waals surface area contributed by atoms with E-state index in [9.17, 15) is 9.59 Å². The molecule has 6 heteroatoms. The summed E-state index contributed by atoms with van der Waals surface area (Å²) in [6.45, 7) is 4.76. The maximum absolute atomic E-state index is 13.1. The average molecular weight is 446 g/mol. The smallest absolute Gasteiger partial charge is 0.265 e. The minimum absolute atomic E-state index is 0.175. The molecule has 2 amide bonds. The summed E-state index contributed by atoms with van der Waals surface area (Å²) in [5.41, 5.74) is 2.60. The topological polar surface area (TPSA) is 71.5 Å². The molecule has 1 atom stereocenters. The predicted octanol–water partition coefficient (Wildman–Crippen LogP) is 5.64. The maximum Gasteiger partial charge on any atom is 0.265 e. The molecule has 0 aliphatic carbocycles. The molecular formula is C27H31N3O3. The molecule has 4 rings (SSSR count). The van der Waals surface area contributed by atoms with Gasteiger partial charge in [0.15, 0.2) is 6.10 Å². The maximum atomic E-state index is 13.1. The van der Waals surface area contributed by atoms with Crippen molar-refractivity contribution in [1.82, 2.24) is 4.98 Å². The lowest BCUT2D eigenvalue weighted by molar-refractivity contribution is -0.123. The third kappa shape index (κ3) is 5.51. The van der Waals surface area contributed by atoms with E-state index in [2.05, 4.69) is 10.3 Å². The van der Waals surface area contributed by atoms with Crippen LogP contribution < -0.4 is 15.0 Å². The van der Waals surface area contributed by atoms with E-state index in [1.807, 2.05) is 61.2 Å². The van der Waals surface area contributed by atoms with E-state index in [1.54, 1.807) is 12.4 Å². The lowest BCUT2D eigenvalue weighted by Crippen LogP contribution is -2.33. The SMILES string of the molecule is CCCC(Oc1ccc2ccncc2c1)C(=O)Nc1ccc(N2CCCCCC2=O)c(C)c1. The van der Waals surface area contributed by atoms with E-state index in [0.717, 1.165) is 54.3 Å². The minimum Gasteiger partial charge on any atom is -0.481 e. The van der Waals surface area contributed by atoms with Crippen molar-refractivity contribution in [2.24, 2.45) is 0 Å². The van der Waals surface area contributed by atoms with Crippen LogP contribution in [0.15, 0.2) is 54.9 Å². The molecule has 1 unspecified atom stereocenters. The van der Waals surface area contributed by atoms with E-state index in [0.29, 0.717) is 24.3 Å². The highest BCUT2D eigenvalue weighted by Gasteiger charge is 2.22. The van der Waals surface area contributed by atoms with Crippen molar-refractivity contribution < 1.29 is 14.3 Å². The van der Waals surface area contributed by atoms with Crippen molar-refractivity contribution in [3.05, 3.63) is 60.4 Å². The van der Waals surface area contributed by atoms with Crippen molar-refractivity contribution >= 4 is 34.0 Å². The Morgan fingerprint density at radius 2 is 2.00 bits per heavy atom. The molecule has 1 aliphatic heterocycles. The van der Waals surface area contributed by atoms with Gasteiger partial charge < -0.3 is 15.0 Å². The number of anilines is 2. The van der Waals surface area contributed by atoms with Crippen LogP contribution in [0, 0.1) is 6.92 Å². The first-order valence-corrected chi connectivity index (χ1v) is 11.8. The van der Waals surface area contributed by atoms with Crippen LogP contribution in [0.4, 0.5) is 11.4 Å². The van der Waals surface area contributed by atoms with E-state index >= 15 is 0 Å². The zero-order valence-electron chi connectivity index (χ0n) is 19.3. The lowest BCUT2D eigenvalue weighted by Gasteiger charge is -2.23. The number of carbonyl (C=O) groups excluding carboxylic acids is 2. The molecule has 33 heavy (non-hydrogen) atoms. The zero-order valence-corrected chi connectivity index (χ0v) is 19.3. The summed E-state index contributed by atoms with van der Waals surface area (Å²) in [6.07, 6.45) is 8.03. The molecule has 1 aromatic heterocycles. The largest absolute Gasteiger partial charge is 0.481 e. The van der Waals surface area contributed by atoms with Gasteiger partial charge in [0, 0.05) is 42.1 Å². The summed E-state index contributed by atoms with van der Waals surface area (Å²) >= 11 is 0. The van der Waals surface area contributed by atoms with Crippen LogP contribution in [0.1, 0.15) is 51.0 Å². The van der Waals surface area contributed by atoms with Gasteiger partial charge in [0.1, 0.15) is 5.75 Å². The molecule has 2 heterocycles. The number of nitrogens with zero attached hydrogens (tertiary/aromatic N) is 2. The highest BCUT2D eigenvalue weighted by atomic mass is 16.5. The number of aromatic nitrogens is 1. The van der Waals surface area contributed by atoms with Crippen LogP contribution in [0.3, 0.4) is 0 Å². The Hall–Kier alpha value is -3.41.